The van der Waals surface area contributed by atoms with Gasteiger partial charge in [-0.2, -0.15) is 10.5 Å². The Balaban J connectivity index is 1.94. The molecule has 0 aromatic heterocycles. The van der Waals surface area contributed by atoms with Crippen LogP contribution in [0.25, 0.3) is 10.8 Å². The van der Waals surface area contributed by atoms with E-state index in [2.05, 4.69) is 39.8 Å². The number of hydrogen-bond donors (Lipinski definition) is 0. The van der Waals surface area contributed by atoms with E-state index in [1.165, 1.54) is 12.1 Å². The summed E-state index contributed by atoms with van der Waals surface area (Å²) in [5, 5.41) is 20.6. The predicted octanol–water partition coefficient (Wildman–Crippen LogP) is 7.41. The van der Waals surface area contributed by atoms with E-state index in [0.29, 0.717) is 16.1 Å². The van der Waals surface area contributed by atoms with Gasteiger partial charge in [0, 0.05) is 0 Å². The van der Waals surface area contributed by atoms with Gasteiger partial charge in [0.2, 0.25) is 0 Å². The normalized spacial score (nSPS) is 11.9. The van der Waals surface area contributed by atoms with Gasteiger partial charge in [-0.1, -0.05) is 57.5 Å². The lowest BCUT2D eigenvalue weighted by molar-refractivity contribution is 0.376. The van der Waals surface area contributed by atoms with E-state index in [1.807, 2.05) is 24.3 Å². The topological polar surface area (TPSA) is 47.6 Å². The highest BCUT2D eigenvalue weighted by molar-refractivity contribution is 6.31. The first-order valence-corrected chi connectivity index (χ1v) is 10.3. The van der Waals surface area contributed by atoms with Gasteiger partial charge in [0.15, 0.2) is 0 Å². The molecule has 0 heterocycles. The Kier molecular flexibility index (Phi) is 5.89. The van der Waals surface area contributed by atoms with E-state index in [0.717, 1.165) is 34.7 Å². The number of benzene rings is 3. The van der Waals surface area contributed by atoms with E-state index in [4.69, 9.17) is 16.9 Å². The maximum atomic E-state index is 14.0. The quantitative estimate of drug-likeness (QED) is 0.433. The van der Waals surface area contributed by atoms with E-state index in [9.17, 15) is 9.65 Å². The molecule has 0 N–H and O–H groups in total. The summed E-state index contributed by atoms with van der Waals surface area (Å²) in [5.74, 6) is -0.304. The van der Waals surface area contributed by atoms with Crippen LogP contribution < -0.4 is 0 Å². The van der Waals surface area contributed by atoms with Gasteiger partial charge < -0.3 is 0 Å². The average molecular weight is 419 g/mol. The highest BCUT2D eigenvalue weighted by atomic mass is 35.5. The molecular weight excluding hydrogens is 395 g/mol. The highest BCUT2D eigenvalue weighted by Crippen LogP contribution is 2.40. The van der Waals surface area contributed by atoms with Crippen LogP contribution in [0.4, 0.5) is 4.39 Å². The van der Waals surface area contributed by atoms with Crippen molar-refractivity contribution in [2.45, 2.75) is 51.4 Å². The fourth-order valence-electron chi connectivity index (χ4n) is 3.94. The molecule has 0 amide bonds. The summed E-state index contributed by atoms with van der Waals surface area (Å²) in [7, 11) is 0. The Hall–Kier alpha value is -2.88. The molecule has 30 heavy (non-hydrogen) atoms. The van der Waals surface area contributed by atoms with E-state index >= 15 is 0 Å². The molecule has 0 spiro atoms. The molecule has 2 nitrogen and oxygen atoms in total. The van der Waals surface area contributed by atoms with Gasteiger partial charge in [-0.05, 0) is 75.9 Å². The van der Waals surface area contributed by atoms with Crippen molar-refractivity contribution in [3.05, 3.63) is 81.6 Å². The third-order valence-electron chi connectivity index (χ3n) is 6.07. The van der Waals surface area contributed by atoms with Crippen LogP contribution in [0.3, 0.4) is 0 Å². The minimum Gasteiger partial charge on any atom is -0.207 e. The minimum absolute atomic E-state index is 0.150. The maximum absolute atomic E-state index is 14.0. The first-order valence-electron chi connectivity index (χ1n) is 9.92. The van der Waals surface area contributed by atoms with Crippen molar-refractivity contribution < 1.29 is 4.39 Å². The molecule has 4 heteroatoms. The molecule has 3 aromatic rings. The van der Waals surface area contributed by atoms with Gasteiger partial charge in [-0.3, -0.25) is 0 Å². The molecule has 0 atom stereocenters. The molecule has 3 rings (SSSR count). The number of nitriles is 2. The van der Waals surface area contributed by atoms with Crippen LogP contribution in [-0.2, 0) is 10.8 Å². The summed E-state index contributed by atoms with van der Waals surface area (Å²) in [6.07, 6.45) is 1.73. The van der Waals surface area contributed by atoms with Crippen LogP contribution >= 0.6 is 11.6 Å². The lowest BCUT2D eigenvalue weighted by atomic mass is 9.71. The molecular formula is C26H24ClFN2. The van der Waals surface area contributed by atoms with Crippen LogP contribution in [0.5, 0.6) is 0 Å². The monoisotopic (exact) mass is 418 g/mol. The second-order valence-electron chi connectivity index (χ2n) is 9.04. The predicted molar refractivity (Wildman–Crippen MR) is 120 cm³/mol. The van der Waals surface area contributed by atoms with Gasteiger partial charge in [-0.15, -0.1) is 0 Å². The van der Waals surface area contributed by atoms with Crippen molar-refractivity contribution >= 4 is 22.4 Å². The first kappa shape index (κ1) is 21.8. The number of rotatable bonds is 5. The maximum Gasteiger partial charge on any atom is 0.123 e. The summed E-state index contributed by atoms with van der Waals surface area (Å²) in [6.45, 7) is 8.63. The lowest BCUT2D eigenvalue weighted by Crippen LogP contribution is -2.24. The Bertz CT molecular complexity index is 1200. The number of halogens is 2. The standard InChI is InChI=1S/C26H24ClFN2/c1-25(2,19-7-5-18(16-30)24(27)13-19)11-12-26(3,4)23-10-6-17(15-29)21-9-8-20(28)14-22(21)23/h5-10,13-14H,11-12H2,1-4H3. The third-order valence-corrected chi connectivity index (χ3v) is 6.39. The summed E-state index contributed by atoms with van der Waals surface area (Å²) in [4.78, 5) is 0. The molecule has 0 saturated carbocycles. The smallest absolute Gasteiger partial charge is 0.123 e. The summed E-state index contributed by atoms with van der Waals surface area (Å²) < 4.78 is 14.0. The molecule has 3 aromatic carbocycles. The molecule has 0 saturated heterocycles. The van der Waals surface area contributed by atoms with Crippen LogP contribution in [0.15, 0.2) is 48.5 Å². The molecule has 0 aliphatic carbocycles. The number of hydrogen-bond acceptors (Lipinski definition) is 2. The highest BCUT2D eigenvalue weighted by Gasteiger charge is 2.29. The van der Waals surface area contributed by atoms with Gasteiger partial charge in [0.1, 0.15) is 11.9 Å². The summed E-state index contributed by atoms with van der Waals surface area (Å²) in [6, 6.07) is 18.3. The Labute approximate surface area is 182 Å². The SMILES string of the molecule is CC(C)(CCC(C)(C)c1ccc(C#N)c2ccc(F)cc12)c1ccc(C#N)c(Cl)c1. The minimum atomic E-state index is -0.304. The zero-order chi connectivity index (χ0) is 22.1. The lowest BCUT2D eigenvalue weighted by Gasteiger charge is -2.33. The average Bonchev–Trinajstić information content (AvgIpc) is 2.71. The molecule has 152 valence electrons. The zero-order valence-corrected chi connectivity index (χ0v) is 18.4. The van der Waals surface area contributed by atoms with Crippen molar-refractivity contribution in [1.29, 1.82) is 10.5 Å². The molecule has 0 aliphatic heterocycles. The fraction of sp³-hybridized carbons (Fsp3) is 0.308. The second-order valence-corrected chi connectivity index (χ2v) is 9.44. The van der Waals surface area contributed by atoms with Gasteiger partial charge in [0.05, 0.1) is 22.2 Å². The fourth-order valence-corrected chi connectivity index (χ4v) is 4.16. The van der Waals surface area contributed by atoms with Crippen molar-refractivity contribution in [3.8, 4) is 12.1 Å². The van der Waals surface area contributed by atoms with Gasteiger partial charge >= 0.3 is 0 Å². The van der Waals surface area contributed by atoms with Crippen LogP contribution in [-0.4, -0.2) is 0 Å². The molecule has 0 bridgehead atoms. The second kappa shape index (κ2) is 8.10. The van der Waals surface area contributed by atoms with Gasteiger partial charge in [0.25, 0.3) is 0 Å². The van der Waals surface area contributed by atoms with Crippen molar-refractivity contribution in [1.82, 2.24) is 0 Å². The van der Waals surface area contributed by atoms with Crippen molar-refractivity contribution in [2.75, 3.05) is 0 Å². The molecule has 0 unspecified atom stereocenters. The van der Waals surface area contributed by atoms with Gasteiger partial charge in [-0.25, -0.2) is 4.39 Å². The number of fused-ring (bicyclic) bond motifs is 1. The molecule has 0 aliphatic rings. The summed E-state index contributed by atoms with van der Waals surface area (Å²) >= 11 is 6.25. The Morgan fingerprint density at radius 3 is 2.07 bits per heavy atom. The Morgan fingerprint density at radius 1 is 0.800 bits per heavy atom. The molecule has 0 fully saturated rings. The first-order chi connectivity index (χ1) is 14.1. The van der Waals surface area contributed by atoms with Crippen LogP contribution in [0.2, 0.25) is 5.02 Å². The number of nitrogens with zero attached hydrogens (tertiary/aromatic N) is 2. The van der Waals surface area contributed by atoms with Crippen LogP contribution in [0.1, 0.15) is 62.8 Å². The molecule has 0 radical (unpaired) electrons. The van der Waals surface area contributed by atoms with Crippen molar-refractivity contribution in [3.63, 3.8) is 0 Å². The Morgan fingerprint density at radius 2 is 1.43 bits per heavy atom. The van der Waals surface area contributed by atoms with E-state index < -0.39 is 0 Å². The zero-order valence-electron chi connectivity index (χ0n) is 17.7. The van der Waals surface area contributed by atoms with E-state index in [1.54, 1.807) is 12.1 Å². The van der Waals surface area contributed by atoms with E-state index in [-0.39, 0.29) is 16.6 Å². The largest absolute Gasteiger partial charge is 0.207 e. The third kappa shape index (κ3) is 4.18. The van der Waals surface area contributed by atoms with Crippen molar-refractivity contribution in [2.24, 2.45) is 0 Å². The van der Waals surface area contributed by atoms with Crippen LogP contribution in [0, 0.1) is 28.5 Å². The summed E-state index contributed by atoms with van der Waals surface area (Å²) in [5.41, 5.74) is 2.76.